The number of halogens is 3. The number of nitrogens with zero attached hydrogens (tertiary/aromatic N) is 1. The van der Waals surface area contributed by atoms with E-state index in [9.17, 15) is 4.39 Å². The fraction of sp³-hybridized carbons (Fsp3) is 0. The molecule has 4 nitrogen and oxygen atoms in total. The number of hydrazine groups is 1. The van der Waals surface area contributed by atoms with Crippen molar-refractivity contribution in [2.45, 2.75) is 0 Å². The van der Waals surface area contributed by atoms with Crippen LogP contribution in [0.3, 0.4) is 0 Å². The van der Waals surface area contributed by atoms with Gasteiger partial charge in [-0.15, -0.1) is 0 Å². The van der Waals surface area contributed by atoms with Gasteiger partial charge < -0.3 is 10.7 Å². The maximum Gasteiger partial charge on any atom is 0.161 e. The van der Waals surface area contributed by atoms with Crippen molar-refractivity contribution in [2.75, 3.05) is 10.7 Å². The molecule has 2 aromatic rings. The zero-order chi connectivity index (χ0) is 13.1. The zero-order valence-electron chi connectivity index (χ0n) is 9.05. The second-order valence-corrected chi connectivity index (χ2v) is 4.24. The van der Waals surface area contributed by atoms with Crippen LogP contribution in [-0.2, 0) is 0 Å². The number of pyridine rings is 1. The van der Waals surface area contributed by atoms with Gasteiger partial charge in [-0.25, -0.2) is 15.2 Å². The van der Waals surface area contributed by atoms with Crippen LogP contribution < -0.4 is 16.6 Å². The van der Waals surface area contributed by atoms with Crippen LogP contribution in [-0.4, -0.2) is 4.98 Å². The van der Waals surface area contributed by atoms with Gasteiger partial charge in [0.15, 0.2) is 11.6 Å². The number of aromatic nitrogens is 1. The van der Waals surface area contributed by atoms with E-state index in [1.54, 1.807) is 12.1 Å². The van der Waals surface area contributed by atoms with Gasteiger partial charge >= 0.3 is 0 Å². The van der Waals surface area contributed by atoms with Gasteiger partial charge in [0.2, 0.25) is 0 Å². The molecular formula is C11H9Cl2FN4. The quantitative estimate of drug-likeness (QED) is 0.596. The van der Waals surface area contributed by atoms with Gasteiger partial charge in [-0.05, 0) is 24.3 Å². The van der Waals surface area contributed by atoms with Crippen molar-refractivity contribution in [3.05, 3.63) is 46.2 Å². The van der Waals surface area contributed by atoms with Crippen LogP contribution in [0.1, 0.15) is 0 Å². The standard InChI is InChI=1S/C11H9Cl2FN4/c12-8-5-9(13)11(18-15)17-10(8)16-7-3-1-2-6(14)4-7/h1-5H,15H2,(H2,16,17,18). The monoisotopic (exact) mass is 286 g/mol. The molecule has 2 rings (SSSR count). The minimum Gasteiger partial charge on any atom is -0.339 e. The summed E-state index contributed by atoms with van der Waals surface area (Å²) in [7, 11) is 0. The first-order valence-electron chi connectivity index (χ1n) is 4.95. The molecule has 0 saturated heterocycles. The molecule has 18 heavy (non-hydrogen) atoms. The Balaban J connectivity index is 2.34. The summed E-state index contributed by atoms with van der Waals surface area (Å²) in [6, 6.07) is 7.42. The third-order valence-corrected chi connectivity index (χ3v) is 2.73. The maximum absolute atomic E-state index is 13.0. The number of nitrogens with one attached hydrogen (secondary N) is 2. The largest absolute Gasteiger partial charge is 0.339 e. The second-order valence-electron chi connectivity index (χ2n) is 3.43. The predicted molar refractivity (Wildman–Crippen MR) is 71.7 cm³/mol. The summed E-state index contributed by atoms with van der Waals surface area (Å²) in [5.74, 6) is 5.51. The van der Waals surface area contributed by atoms with Crippen molar-refractivity contribution in [2.24, 2.45) is 5.84 Å². The van der Waals surface area contributed by atoms with Crippen LogP contribution >= 0.6 is 23.2 Å². The Hall–Kier alpha value is -1.56. The first-order valence-corrected chi connectivity index (χ1v) is 5.71. The fourth-order valence-corrected chi connectivity index (χ4v) is 1.82. The smallest absolute Gasteiger partial charge is 0.161 e. The molecule has 0 spiro atoms. The molecule has 0 saturated carbocycles. The van der Waals surface area contributed by atoms with Crippen LogP contribution in [0.15, 0.2) is 30.3 Å². The van der Waals surface area contributed by atoms with Crippen molar-refractivity contribution in [3.8, 4) is 0 Å². The van der Waals surface area contributed by atoms with Crippen molar-refractivity contribution in [1.82, 2.24) is 4.98 Å². The van der Waals surface area contributed by atoms with E-state index in [4.69, 9.17) is 29.0 Å². The summed E-state index contributed by atoms with van der Waals surface area (Å²) in [5.41, 5.74) is 2.87. The zero-order valence-corrected chi connectivity index (χ0v) is 10.6. The van der Waals surface area contributed by atoms with Gasteiger partial charge in [-0.2, -0.15) is 0 Å². The minimum absolute atomic E-state index is 0.278. The van der Waals surface area contributed by atoms with E-state index in [1.807, 2.05) is 0 Å². The highest BCUT2D eigenvalue weighted by molar-refractivity contribution is 6.37. The third kappa shape index (κ3) is 2.81. The molecule has 0 unspecified atom stereocenters. The Morgan fingerprint density at radius 1 is 1.11 bits per heavy atom. The normalized spacial score (nSPS) is 10.2. The number of hydrogen-bond acceptors (Lipinski definition) is 4. The second kappa shape index (κ2) is 5.39. The molecule has 94 valence electrons. The summed E-state index contributed by atoms with van der Waals surface area (Å²) in [5, 5.41) is 3.48. The molecule has 0 atom stereocenters. The van der Waals surface area contributed by atoms with E-state index >= 15 is 0 Å². The Morgan fingerprint density at radius 3 is 2.50 bits per heavy atom. The molecule has 1 aromatic heterocycles. The van der Waals surface area contributed by atoms with Crippen LogP contribution in [0.4, 0.5) is 21.7 Å². The molecule has 0 radical (unpaired) electrons. The van der Waals surface area contributed by atoms with Crippen molar-refractivity contribution in [3.63, 3.8) is 0 Å². The Morgan fingerprint density at radius 2 is 1.83 bits per heavy atom. The molecule has 0 aliphatic heterocycles. The molecule has 4 N–H and O–H groups in total. The molecule has 0 bridgehead atoms. The molecule has 0 fully saturated rings. The molecule has 1 aromatic carbocycles. The van der Waals surface area contributed by atoms with E-state index < -0.39 is 0 Å². The van der Waals surface area contributed by atoms with Crippen LogP contribution in [0.2, 0.25) is 10.0 Å². The lowest BCUT2D eigenvalue weighted by molar-refractivity contribution is 0.628. The molecule has 0 amide bonds. The van der Waals surface area contributed by atoms with E-state index in [1.165, 1.54) is 18.2 Å². The summed E-state index contributed by atoms with van der Waals surface area (Å²) in [6.45, 7) is 0. The number of benzene rings is 1. The Kier molecular flexibility index (Phi) is 3.86. The van der Waals surface area contributed by atoms with Crippen molar-refractivity contribution in [1.29, 1.82) is 0 Å². The topological polar surface area (TPSA) is 63.0 Å². The summed E-state index contributed by atoms with van der Waals surface area (Å²) >= 11 is 11.8. The summed E-state index contributed by atoms with van der Waals surface area (Å²) in [6.07, 6.45) is 0. The minimum atomic E-state index is -0.359. The van der Waals surface area contributed by atoms with Crippen LogP contribution in [0.5, 0.6) is 0 Å². The van der Waals surface area contributed by atoms with E-state index in [-0.39, 0.29) is 11.6 Å². The Bertz CT molecular complexity index is 577. The highest BCUT2D eigenvalue weighted by atomic mass is 35.5. The number of hydrogen-bond donors (Lipinski definition) is 3. The molecule has 0 aliphatic carbocycles. The molecule has 0 aliphatic rings. The number of nitrogen functional groups attached to an aromatic ring is 1. The maximum atomic E-state index is 13.0. The Labute approximate surface area is 113 Å². The molecule has 1 heterocycles. The molecular weight excluding hydrogens is 278 g/mol. The number of rotatable bonds is 3. The lowest BCUT2D eigenvalue weighted by Gasteiger charge is -2.10. The van der Waals surface area contributed by atoms with Gasteiger partial charge in [0, 0.05) is 5.69 Å². The fourth-order valence-electron chi connectivity index (χ4n) is 1.36. The summed E-state index contributed by atoms with van der Waals surface area (Å²) in [4.78, 5) is 4.08. The van der Waals surface area contributed by atoms with Gasteiger partial charge in [0.25, 0.3) is 0 Å². The third-order valence-electron chi connectivity index (χ3n) is 2.15. The number of nitrogens with two attached hydrogens (primary N) is 1. The van der Waals surface area contributed by atoms with Gasteiger partial charge in [-0.3, -0.25) is 0 Å². The highest BCUT2D eigenvalue weighted by Crippen LogP contribution is 2.30. The van der Waals surface area contributed by atoms with Gasteiger partial charge in [-0.1, -0.05) is 29.3 Å². The average Bonchev–Trinajstić information content (AvgIpc) is 2.33. The van der Waals surface area contributed by atoms with E-state index in [2.05, 4.69) is 15.7 Å². The van der Waals surface area contributed by atoms with Crippen molar-refractivity contribution < 1.29 is 4.39 Å². The van der Waals surface area contributed by atoms with Crippen molar-refractivity contribution >= 4 is 40.5 Å². The first-order chi connectivity index (χ1) is 8.60. The summed E-state index contributed by atoms with van der Waals surface area (Å²) < 4.78 is 13.0. The van der Waals surface area contributed by atoms with E-state index in [0.29, 0.717) is 21.6 Å². The van der Waals surface area contributed by atoms with Gasteiger partial charge in [0.05, 0.1) is 10.0 Å². The first kappa shape index (κ1) is 12.9. The predicted octanol–water partition coefficient (Wildman–Crippen LogP) is 3.56. The lowest BCUT2D eigenvalue weighted by Crippen LogP contribution is -2.10. The molecule has 7 heteroatoms. The van der Waals surface area contributed by atoms with Crippen LogP contribution in [0.25, 0.3) is 0 Å². The highest BCUT2D eigenvalue weighted by Gasteiger charge is 2.09. The van der Waals surface area contributed by atoms with Crippen LogP contribution in [0, 0.1) is 5.82 Å². The number of anilines is 3. The van der Waals surface area contributed by atoms with Gasteiger partial charge in [0.1, 0.15) is 5.82 Å². The lowest BCUT2D eigenvalue weighted by atomic mass is 10.3. The SMILES string of the molecule is NNc1nc(Nc2cccc(F)c2)c(Cl)cc1Cl. The van der Waals surface area contributed by atoms with E-state index in [0.717, 1.165) is 0 Å². The average molecular weight is 287 g/mol.